The molecule has 2 rings (SSSR count). The molecule has 0 aliphatic rings. The maximum absolute atomic E-state index is 12.1. The molecule has 0 aliphatic heterocycles. The van der Waals surface area contributed by atoms with Gasteiger partial charge in [-0.15, -0.1) is 0 Å². The first-order valence-electron chi connectivity index (χ1n) is 7.33. The van der Waals surface area contributed by atoms with Gasteiger partial charge in [0, 0.05) is 20.8 Å². The van der Waals surface area contributed by atoms with Crippen molar-refractivity contribution in [2.75, 3.05) is 14.2 Å². The van der Waals surface area contributed by atoms with Crippen LogP contribution in [0.25, 0.3) is 0 Å². The zero-order valence-electron chi connectivity index (χ0n) is 13.3. The summed E-state index contributed by atoms with van der Waals surface area (Å²) in [6.07, 6.45) is -1.86. The van der Waals surface area contributed by atoms with Gasteiger partial charge in [-0.1, -0.05) is 60.7 Å². The van der Waals surface area contributed by atoms with Crippen molar-refractivity contribution in [2.24, 2.45) is 0 Å². The summed E-state index contributed by atoms with van der Waals surface area (Å²) in [6.45, 7) is 0.395. The topological polar surface area (TPSA) is 56.8 Å². The Morgan fingerprint density at radius 2 is 1.52 bits per heavy atom. The number of amides is 1. The van der Waals surface area contributed by atoms with E-state index in [2.05, 4.69) is 5.32 Å². The molecule has 0 bridgehead atoms. The van der Waals surface area contributed by atoms with Crippen molar-refractivity contribution in [1.29, 1.82) is 0 Å². The second kappa shape index (κ2) is 8.92. The third-order valence-corrected chi connectivity index (χ3v) is 3.35. The van der Waals surface area contributed by atoms with Crippen LogP contribution in [0.1, 0.15) is 17.2 Å². The molecule has 0 fully saturated rings. The molecule has 1 unspecified atom stereocenters. The maximum atomic E-state index is 12.1. The van der Waals surface area contributed by atoms with Crippen molar-refractivity contribution >= 4 is 6.09 Å². The molecule has 0 saturated heterocycles. The van der Waals surface area contributed by atoms with E-state index in [1.165, 1.54) is 14.2 Å². The van der Waals surface area contributed by atoms with Crippen molar-refractivity contribution < 1.29 is 19.0 Å². The van der Waals surface area contributed by atoms with E-state index < -0.39 is 18.5 Å². The summed E-state index contributed by atoms with van der Waals surface area (Å²) in [7, 11) is 3.02. The molecule has 0 heterocycles. The van der Waals surface area contributed by atoms with Gasteiger partial charge in [-0.3, -0.25) is 0 Å². The molecule has 1 amide bonds. The van der Waals surface area contributed by atoms with Crippen molar-refractivity contribution in [3.63, 3.8) is 0 Å². The number of carbonyl (C=O) groups is 1. The van der Waals surface area contributed by atoms with E-state index in [1.54, 1.807) is 0 Å². The Morgan fingerprint density at radius 1 is 0.957 bits per heavy atom. The molecular formula is C18H21NO4. The molecule has 0 spiro atoms. The molecule has 0 aromatic heterocycles. The van der Waals surface area contributed by atoms with Crippen LogP contribution in [0.2, 0.25) is 0 Å². The van der Waals surface area contributed by atoms with Gasteiger partial charge in [0.1, 0.15) is 0 Å². The number of rotatable bonds is 7. The van der Waals surface area contributed by atoms with Gasteiger partial charge in [0.15, 0.2) is 12.4 Å². The van der Waals surface area contributed by atoms with Gasteiger partial charge in [0.2, 0.25) is 0 Å². The van der Waals surface area contributed by atoms with Crippen LogP contribution in [-0.2, 0) is 20.8 Å². The predicted molar refractivity (Wildman–Crippen MR) is 86.8 cm³/mol. The summed E-state index contributed by atoms with van der Waals surface area (Å²) < 4.78 is 16.0. The molecule has 1 atom stereocenters. The molecule has 1 N–H and O–H groups in total. The van der Waals surface area contributed by atoms with Crippen molar-refractivity contribution in [3.05, 3.63) is 71.8 Å². The lowest BCUT2D eigenvalue weighted by molar-refractivity contribution is -0.166. The summed E-state index contributed by atoms with van der Waals surface area (Å²) in [4.78, 5) is 12.1. The van der Waals surface area contributed by atoms with Crippen LogP contribution in [0.3, 0.4) is 0 Å². The largest absolute Gasteiger partial charge is 0.436 e. The van der Waals surface area contributed by atoms with Gasteiger partial charge in [0.05, 0.1) is 0 Å². The molecule has 0 aliphatic carbocycles. The molecule has 2 aromatic rings. The number of benzene rings is 2. The molecule has 0 radical (unpaired) electrons. The number of carbonyl (C=O) groups excluding carboxylic acids is 1. The number of methoxy groups -OCH3 is 2. The smallest absolute Gasteiger partial charge is 0.408 e. The van der Waals surface area contributed by atoms with Gasteiger partial charge in [-0.2, -0.15) is 0 Å². The number of nitrogens with one attached hydrogen (secondary N) is 1. The Kier molecular flexibility index (Phi) is 6.59. The summed E-state index contributed by atoms with van der Waals surface area (Å²) in [5, 5.41) is 2.73. The van der Waals surface area contributed by atoms with E-state index in [-0.39, 0.29) is 0 Å². The van der Waals surface area contributed by atoms with Crippen molar-refractivity contribution in [2.45, 2.75) is 18.9 Å². The van der Waals surface area contributed by atoms with E-state index in [4.69, 9.17) is 14.2 Å². The summed E-state index contributed by atoms with van der Waals surface area (Å²) >= 11 is 0. The standard InChI is InChI=1S/C18H21NO4/c1-21-17(22-2)16(15-11-7-4-8-12-15)23-18(20)19-13-14-9-5-3-6-10-14/h3-12,16-17H,13H2,1-2H3,(H,19,20). The zero-order chi connectivity index (χ0) is 16.5. The van der Waals surface area contributed by atoms with Crippen LogP contribution < -0.4 is 5.32 Å². The highest BCUT2D eigenvalue weighted by Gasteiger charge is 2.26. The molecule has 5 heteroatoms. The Labute approximate surface area is 136 Å². The predicted octanol–water partition coefficient (Wildman–Crippen LogP) is 3.27. The zero-order valence-corrected chi connectivity index (χ0v) is 13.3. The van der Waals surface area contributed by atoms with Gasteiger partial charge in [0.25, 0.3) is 0 Å². The van der Waals surface area contributed by atoms with Crippen LogP contribution in [0.4, 0.5) is 4.79 Å². The first-order chi connectivity index (χ1) is 11.2. The highest BCUT2D eigenvalue weighted by atomic mass is 16.7. The minimum atomic E-state index is -0.681. The van der Waals surface area contributed by atoms with Gasteiger partial charge >= 0.3 is 6.09 Å². The van der Waals surface area contributed by atoms with E-state index in [0.717, 1.165) is 11.1 Å². The molecule has 2 aromatic carbocycles. The van der Waals surface area contributed by atoms with E-state index in [0.29, 0.717) is 6.54 Å². The molecular weight excluding hydrogens is 294 g/mol. The average molecular weight is 315 g/mol. The normalized spacial score (nSPS) is 12.0. The summed E-state index contributed by atoms with van der Waals surface area (Å²) in [6, 6.07) is 19.0. The monoisotopic (exact) mass is 315 g/mol. The first-order valence-corrected chi connectivity index (χ1v) is 7.33. The SMILES string of the molecule is COC(OC)C(OC(=O)NCc1ccccc1)c1ccccc1. The van der Waals surface area contributed by atoms with Gasteiger partial charge in [-0.05, 0) is 11.1 Å². The fourth-order valence-corrected chi connectivity index (χ4v) is 2.19. The van der Waals surface area contributed by atoms with Crippen LogP contribution in [0.15, 0.2) is 60.7 Å². The number of alkyl carbamates (subject to hydrolysis) is 1. The third-order valence-electron chi connectivity index (χ3n) is 3.35. The van der Waals surface area contributed by atoms with E-state index in [9.17, 15) is 4.79 Å². The quantitative estimate of drug-likeness (QED) is 0.797. The third kappa shape index (κ3) is 5.09. The lowest BCUT2D eigenvalue weighted by Gasteiger charge is -2.25. The molecule has 0 saturated carbocycles. The first kappa shape index (κ1) is 17.0. The summed E-state index contributed by atoms with van der Waals surface area (Å²) in [5.41, 5.74) is 1.80. The number of ether oxygens (including phenoxy) is 3. The minimum Gasteiger partial charge on any atom is -0.436 e. The number of hydrogen-bond donors (Lipinski definition) is 1. The molecule has 5 nitrogen and oxygen atoms in total. The van der Waals surface area contributed by atoms with Crippen molar-refractivity contribution in [1.82, 2.24) is 5.32 Å². The number of hydrogen-bond acceptors (Lipinski definition) is 4. The Hall–Kier alpha value is -2.37. The lowest BCUT2D eigenvalue weighted by Crippen LogP contribution is -2.32. The molecule has 23 heavy (non-hydrogen) atoms. The average Bonchev–Trinajstić information content (AvgIpc) is 2.62. The summed E-state index contributed by atoms with van der Waals surface area (Å²) in [5.74, 6) is 0. The maximum Gasteiger partial charge on any atom is 0.408 e. The van der Waals surface area contributed by atoms with Gasteiger partial charge < -0.3 is 19.5 Å². The van der Waals surface area contributed by atoms with Crippen LogP contribution in [0.5, 0.6) is 0 Å². The minimum absolute atomic E-state index is 0.395. The Balaban J connectivity index is 2.01. The van der Waals surface area contributed by atoms with Crippen LogP contribution in [0, 0.1) is 0 Å². The molecule has 122 valence electrons. The van der Waals surface area contributed by atoms with Crippen LogP contribution in [-0.4, -0.2) is 26.6 Å². The highest BCUT2D eigenvalue weighted by molar-refractivity contribution is 5.67. The fraction of sp³-hybridized carbons (Fsp3) is 0.278. The van der Waals surface area contributed by atoms with Crippen molar-refractivity contribution in [3.8, 4) is 0 Å². The second-order valence-corrected chi connectivity index (χ2v) is 4.92. The Bertz CT molecular complexity index is 584. The highest BCUT2D eigenvalue weighted by Crippen LogP contribution is 2.23. The Morgan fingerprint density at radius 3 is 2.09 bits per heavy atom. The van der Waals surface area contributed by atoms with E-state index >= 15 is 0 Å². The van der Waals surface area contributed by atoms with E-state index in [1.807, 2.05) is 60.7 Å². The fourth-order valence-electron chi connectivity index (χ4n) is 2.19. The second-order valence-electron chi connectivity index (χ2n) is 4.92. The van der Waals surface area contributed by atoms with Gasteiger partial charge in [-0.25, -0.2) is 4.79 Å². The van der Waals surface area contributed by atoms with Crippen LogP contribution >= 0.6 is 0 Å². The lowest BCUT2D eigenvalue weighted by atomic mass is 10.1.